The first-order valence-electron chi connectivity index (χ1n) is 7.03. The van der Waals surface area contributed by atoms with Crippen LogP contribution in [0.1, 0.15) is 12.5 Å². The average Bonchev–Trinajstić information content (AvgIpc) is 2.55. The summed E-state index contributed by atoms with van der Waals surface area (Å²) in [5, 5.41) is 9.38. The van der Waals surface area contributed by atoms with E-state index in [2.05, 4.69) is 0 Å². The van der Waals surface area contributed by atoms with E-state index < -0.39 is 26.8 Å². The Morgan fingerprint density at radius 3 is 2.38 bits per heavy atom. The summed E-state index contributed by atoms with van der Waals surface area (Å²) in [6, 6.07) is 7.32. The van der Waals surface area contributed by atoms with Crippen molar-refractivity contribution in [1.82, 2.24) is 9.13 Å². The molecule has 0 spiro atoms. The third-order valence-electron chi connectivity index (χ3n) is 3.45. The van der Waals surface area contributed by atoms with E-state index in [0.717, 1.165) is 4.57 Å². The van der Waals surface area contributed by atoms with Crippen molar-refractivity contribution in [2.45, 2.75) is 24.9 Å². The average molecular weight is 368 g/mol. The molecule has 1 heterocycles. The number of hydrogen-bond acceptors (Lipinski definition) is 5. The van der Waals surface area contributed by atoms with Crippen LogP contribution in [0.25, 0.3) is 0 Å². The second-order valence-corrected chi connectivity index (χ2v) is 7.50. The van der Waals surface area contributed by atoms with Gasteiger partial charge in [-0.3, -0.25) is 13.9 Å². The second-order valence-electron chi connectivity index (χ2n) is 4.95. The van der Waals surface area contributed by atoms with E-state index in [4.69, 9.17) is 16.9 Å². The fraction of sp³-hybridized carbons (Fsp3) is 0.267. The van der Waals surface area contributed by atoms with Crippen LogP contribution in [0.5, 0.6) is 0 Å². The highest BCUT2D eigenvalue weighted by atomic mass is 35.5. The molecule has 0 unspecified atom stereocenters. The van der Waals surface area contributed by atoms with Gasteiger partial charge in [-0.15, -0.1) is 0 Å². The zero-order valence-electron chi connectivity index (χ0n) is 12.8. The quantitative estimate of drug-likeness (QED) is 0.785. The molecule has 126 valence electrons. The molecular formula is C15H14ClN3O4S. The zero-order chi connectivity index (χ0) is 17.9. The molecule has 24 heavy (non-hydrogen) atoms. The molecule has 0 radical (unpaired) electrons. The first kappa shape index (κ1) is 18.0. The summed E-state index contributed by atoms with van der Waals surface area (Å²) in [6.07, 6.45) is 1.18. The lowest BCUT2D eigenvalue weighted by molar-refractivity contribution is 0.564. The van der Waals surface area contributed by atoms with Crippen molar-refractivity contribution in [2.24, 2.45) is 0 Å². The Morgan fingerprint density at radius 2 is 1.83 bits per heavy atom. The summed E-state index contributed by atoms with van der Waals surface area (Å²) in [5.41, 5.74) is -1.65. The minimum absolute atomic E-state index is 0.0483. The van der Waals surface area contributed by atoms with Crippen molar-refractivity contribution in [2.75, 3.05) is 5.75 Å². The number of nitrogens with zero attached hydrogens (tertiary/aromatic N) is 3. The van der Waals surface area contributed by atoms with Crippen LogP contribution in [0.3, 0.4) is 0 Å². The van der Waals surface area contributed by atoms with Gasteiger partial charge in [-0.05, 0) is 31.2 Å². The Hall–Kier alpha value is -2.37. The molecule has 9 heteroatoms. The number of aromatic nitrogens is 2. The summed E-state index contributed by atoms with van der Waals surface area (Å²) in [4.78, 5) is 24.3. The summed E-state index contributed by atoms with van der Waals surface area (Å²) in [5.74, 6) is -0.442. The molecule has 0 aliphatic heterocycles. The van der Waals surface area contributed by atoms with Gasteiger partial charge < -0.3 is 0 Å². The molecule has 0 aliphatic carbocycles. The van der Waals surface area contributed by atoms with E-state index in [-0.39, 0.29) is 23.5 Å². The van der Waals surface area contributed by atoms with Gasteiger partial charge >= 0.3 is 5.69 Å². The molecule has 0 amide bonds. The number of hydrogen-bond donors (Lipinski definition) is 0. The van der Waals surface area contributed by atoms with Crippen molar-refractivity contribution >= 4 is 21.4 Å². The lowest BCUT2D eigenvalue weighted by atomic mass is 10.3. The molecule has 0 N–H and O–H groups in total. The lowest BCUT2D eigenvalue weighted by Crippen LogP contribution is -2.42. The van der Waals surface area contributed by atoms with Crippen LogP contribution in [0.4, 0.5) is 0 Å². The maximum absolute atomic E-state index is 12.3. The first-order valence-corrected chi connectivity index (χ1v) is 9.06. The van der Waals surface area contributed by atoms with Crippen molar-refractivity contribution in [3.05, 3.63) is 61.9 Å². The number of sulfone groups is 1. The number of halogens is 1. The first-order chi connectivity index (χ1) is 11.3. The van der Waals surface area contributed by atoms with Crippen LogP contribution in [0, 0.1) is 11.3 Å². The molecule has 2 aromatic rings. The highest BCUT2D eigenvalue weighted by Gasteiger charge is 2.17. The third kappa shape index (κ3) is 3.58. The minimum atomic E-state index is -3.70. The van der Waals surface area contributed by atoms with Crippen molar-refractivity contribution in [3.63, 3.8) is 0 Å². The Morgan fingerprint density at radius 1 is 1.21 bits per heavy atom. The predicted octanol–water partition coefficient (Wildman–Crippen LogP) is 1.03. The molecule has 2 rings (SSSR count). The van der Waals surface area contributed by atoms with Gasteiger partial charge in [0, 0.05) is 24.3 Å². The highest BCUT2D eigenvalue weighted by molar-refractivity contribution is 7.91. The maximum Gasteiger partial charge on any atom is 0.331 e. The molecule has 0 fully saturated rings. The number of rotatable bonds is 5. The van der Waals surface area contributed by atoms with Crippen molar-refractivity contribution < 1.29 is 8.42 Å². The van der Waals surface area contributed by atoms with Crippen LogP contribution in [0.2, 0.25) is 5.02 Å². The van der Waals surface area contributed by atoms with Gasteiger partial charge in [0.15, 0.2) is 9.84 Å². The summed E-state index contributed by atoms with van der Waals surface area (Å²) >= 11 is 5.73. The standard InChI is InChI=1S/C15H14ClN3O4S/c1-2-18-10-11(9-17)14(20)19(15(18)21)7-8-24(22,23)13-5-3-12(16)4-6-13/h3-6,10H,2,7-8H2,1H3. The number of nitriles is 1. The van der Waals surface area contributed by atoms with Gasteiger partial charge in [-0.25, -0.2) is 13.2 Å². The largest absolute Gasteiger partial charge is 0.331 e. The van der Waals surface area contributed by atoms with Crippen LogP contribution in [-0.4, -0.2) is 23.3 Å². The molecule has 0 aliphatic rings. The van der Waals surface area contributed by atoms with Crippen LogP contribution in [0.15, 0.2) is 44.9 Å². The maximum atomic E-state index is 12.3. The second kappa shape index (κ2) is 7.03. The van der Waals surface area contributed by atoms with Gasteiger partial charge in [-0.1, -0.05) is 11.6 Å². The molecule has 0 bridgehead atoms. The Balaban J connectivity index is 2.39. The Labute approximate surface area is 143 Å². The molecular weight excluding hydrogens is 354 g/mol. The molecule has 1 aromatic heterocycles. The smallest absolute Gasteiger partial charge is 0.299 e. The molecule has 0 atom stereocenters. The summed E-state index contributed by atoms with van der Waals surface area (Å²) in [6.45, 7) is 1.61. The molecule has 7 nitrogen and oxygen atoms in total. The Bertz CT molecular complexity index is 1010. The van der Waals surface area contributed by atoms with Crippen molar-refractivity contribution in [1.29, 1.82) is 5.26 Å². The van der Waals surface area contributed by atoms with Crippen LogP contribution in [-0.2, 0) is 22.9 Å². The van der Waals surface area contributed by atoms with Gasteiger partial charge in [0.05, 0.1) is 10.6 Å². The van der Waals surface area contributed by atoms with Crippen molar-refractivity contribution in [3.8, 4) is 6.07 Å². The summed E-state index contributed by atoms with van der Waals surface area (Å²) < 4.78 is 26.6. The van der Waals surface area contributed by atoms with E-state index in [1.165, 1.54) is 35.0 Å². The number of benzene rings is 1. The van der Waals surface area contributed by atoms with Gasteiger partial charge in [0.2, 0.25) is 0 Å². The highest BCUT2D eigenvalue weighted by Crippen LogP contribution is 2.15. The van der Waals surface area contributed by atoms with E-state index in [9.17, 15) is 18.0 Å². The lowest BCUT2D eigenvalue weighted by Gasteiger charge is -2.10. The SMILES string of the molecule is CCn1cc(C#N)c(=O)n(CCS(=O)(=O)c2ccc(Cl)cc2)c1=O. The fourth-order valence-electron chi connectivity index (χ4n) is 2.13. The zero-order valence-corrected chi connectivity index (χ0v) is 14.3. The van der Waals surface area contributed by atoms with E-state index in [1.54, 1.807) is 13.0 Å². The Kier molecular flexibility index (Phi) is 5.26. The molecule has 0 saturated carbocycles. The monoisotopic (exact) mass is 367 g/mol. The fourth-order valence-corrected chi connectivity index (χ4v) is 3.46. The van der Waals surface area contributed by atoms with E-state index >= 15 is 0 Å². The van der Waals surface area contributed by atoms with Gasteiger partial charge in [-0.2, -0.15) is 5.26 Å². The molecule has 0 saturated heterocycles. The number of aryl methyl sites for hydroxylation is 1. The van der Waals surface area contributed by atoms with Gasteiger partial charge in [0.1, 0.15) is 11.6 Å². The van der Waals surface area contributed by atoms with E-state index in [1.807, 2.05) is 0 Å². The predicted molar refractivity (Wildman–Crippen MR) is 88.9 cm³/mol. The molecule has 1 aromatic carbocycles. The topological polar surface area (TPSA) is 102 Å². The normalized spacial score (nSPS) is 11.2. The minimum Gasteiger partial charge on any atom is -0.299 e. The third-order valence-corrected chi connectivity index (χ3v) is 5.42. The van der Waals surface area contributed by atoms with Gasteiger partial charge in [0.25, 0.3) is 5.56 Å². The van der Waals surface area contributed by atoms with Crippen LogP contribution < -0.4 is 11.2 Å². The summed E-state index contributed by atoms with van der Waals surface area (Å²) in [7, 11) is -3.70. The van der Waals surface area contributed by atoms with Crippen LogP contribution >= 0.6 is 11.6 Å². The van der Waals surface area contributed by atoms with E-state index in [0.29, 0.717) is 5.02 Å².